The molecule has 0 unspecified atom stereocenters. The second-order valence-corrected chi connectivity index (χ2v) is 7.61. The van der Waals surface area contributed by atoms with E-state index in [4.69, 9.17) is 23.7 Å². The Balaban J connectivity index is 2.47. The Bertz CT molecular complexity index is 869. The number of esters is 3. The lowest BCUT2D eigenvalue weighted by Gasteiger charge is -2.44. The van der Waals surface area contributed by atoms with Crippen LogP contribution in [0.5, 0.6) is 5.75 Å². The third-order valence-electron chi connectivity index (χ3n) is 4.64. The van der Waals surface area contributed by atoms with E-state index in [0.29, 0.717) is 5.75 Å². The van der Waals surface area contributed by atoms with Crippen LogP contribution in [0.15, 0.2) is 18.2 Å². The summed E-state index contributed by atoms with van der Waals surface area (Å²) in [7, 11) is 0. The van der Waals surface area contributed by atoms with Gasteiger partial charge in [0.05, 0.1) is 0 Å². The van der Waals surface area contributed by atoms with Gasteiger partial charge in [-0.2, -0.15) is 0 Å². The Kier molecular flexibility index (Phi) is 8.59. The second-order valence-electron chi connectivity index (χ2n) is 7.61. The van der Waals surface area contributed by atoms with Crippen LogP contribution in [0.2, 0.25) is 0 Å². The van der Waals surface area contributed by atoms with Gasteiger partial charge in [-0.25, -0.2) is 0 Å². The molecule has 32 heavy (non-hydrogen) atoms. The number of amides is 1. The highest BCUT2D eigenvalue weighted by Crippen LogP contribution is 2.30. The van der Waals surface area contributed by atoms with Gasteiger partial charge < -0.3 is 29.0 Å². The highest BCUT2D eigenvalue weighted by molar-refractivity contribution is 5.73. The summed E-state index contributed by atoms with van der Waals surface area (Å²) in [4.78, 5) is 46.9. The summed E-state index contributed by atoms with van der Waals surface area (Å²) in [6, 6.07) is 4.49. The fraction of sp³-hybridized carbons (Fsp3) is 0.545. The van der Waals surface area contributed by atoms with Crippen LogP contribution in [0.25, 0.3) is 0 Å². The Morgan fingerprint density at radius 2 is 1.56 bits per heavy atom. The van der Waals surface area contributed by atoms with Gasteiger partial charge >= 0.3 is 17.9 Å². The minimum atomic E-state index is -1.16. The van der Waals surface area contributed by atoms with Crippen LogP contribution in [0, 0.1) is 13.8 Å². The van der Waals surface area contributed by atoms with Crippen molar-refractivity contribution in [3.63, 3.8) is 0 Å². The zero-order valence-electron chi connectivity index (χ0n) is 19.0. The standard InChI is InChI=1S/C22H29NO9/c1-11-7-8-17(12(2)9-11)31-22-19(23-13(3)24)21(30-16(6)27)20(29-15(5)26)18(32-22)10-28-14(4)25/h7-9,18-22H,10H2,1-6H3,(H,23,24)/t18-,19-,20+,21+,22+/m0/s1. The van der Waals surface area contributed by atoms with Crippen LogP contribution in [0.4, 0.5) is 0 Å². The Morgan fingerprint density at radius 1 is 0.938 bits per heavy atom. The molecule has 1 aromatic rings. The Hall–Kier alpha value is -3.14. The van der Waals surface area contributed by atoms with E-state index in [1.165, 1.54) is 27.7 Å². The summed E-state index contributed by atoms with van der Waals surface area (Å²) >= 11 is 0. The number of carbonyl (C=O) groups is 4. The van der Waals surface area contributed by atoms with Gasteiger partial charge in [-0.15, -0.1) is 0 Å². The molecule has 10 heteroatoms. The molecule has 1 saturated heterocycles. The first kappa shape index (κ1) is 25.1. The summed E-state index contributed by atoms with van der Waals surface area (Å²) in [6.07, 6.45) is -4.48. The van der Waals surface area contributed by atoms with Gasteiger partial charge in [0, 0.05) is 27.7 Å². The van der Waals surface area contributed by atoms with E-state index in [1.807, 2.05) is 26.0 Å². The number of benzene rings is 1. The average molecular weight is 451 g/mol. The maximum absolute atomic E-state index is 11.9. The fourth-order valence-corrected chi connectivity index (χ4v) is 3.45. The minimum Gasteiger partial charge on any atom is -0.463 e. The molecule has 176 valence electrons. The van der Waals surface area contributed by atoms with Gasteiger partial charge in [-0.05, 0) is 25.5 Å². The molecule has 0 bridgehead atoms. The number of nitrogens with one attached hydrogen (secondary N) is 1. The molecule has 0 saturated carbocycles. The van der Waals surface area contributed by atoms with Crippen molar-refractivity contribution in [1.29, 1.82) is 0 Å². The van der Waals surface area contributed by atoms with E-state index in [1.54, 1.807) is 6.07 Å². The van der Waals surface area contributed by atoms with Crippen molar-refractivity contribution in [3.8, 4) is 5.75 Å². The van der Waals surface area contributed by atoms with Crippen LogP contribution in [-0.4, -0.2) is 61.1 Å². The van der Waals surface area contributed by atoms with E-state index in [9.17, 15) is 19.2 Å². The molecule has 0 aliphatic carbocycles. The molecule has 0 radical (unpaired) electrons. The van der Waals surface area contributed by atoms with Crippen LogP contribution < -0.4 is 10.1 Å². The second kappa shape index (κ2) is 10.9. The van der Waals surface area contributed by atoms with Crippen molar-refractivity contribution < 1.29 is 42.9 Å². The number of hydrogen-bond donors (Lipinski definition) is 1. The van der Waals surface area contributed by atoms with Gasteiger partial charge in [0.1, 0.15) is 24.5 Å². The van der Waals surface area contributed by atoms with E-state index in [2.05, 4.69) is 5.32 Å². The Morgan fingerprint density at radius 3 is 2.09 bits per heavy atom. The number of aryl methyl sites for hydroxylation is 2. The van der Waals surface area contributed by atoms with Crippen molar-refractivity contribution in [3.05, 3.63) is 29.3 Å². The third-order valence-corrected chi connectivity index (χ3v) is 4.64. The average Bonchev–Trinajstić information content (AvgIpc) is 2.65. The SMILES string of the molecule is CC(=O)N[C@@H]1[C@H](Oc2ccc(C)cc2C)O[C@@H](COC(C)=O)[C@@H](OC(C)=O)[C@@H]1OC(C)=O. The molecule has 0 spiro atoms. The van der Waals surface area contributed by atoms with Crippen LogP contribution in [0.3, 0.4) is 0 Å². The molecule has 1 amide bonds. The predicted octanol–water partition coefficient (Wildman–Crippen LogP) is 1.34. The molecule has 0 aromatic heterocycles. The van der Waals surface area contributed by atoms with Crippen LogP contribution in [-0.2, 0) is 38.1 Å². The topological polar surface area (TPSA) is 126 Å². The molecule has 10 nitrogen and oxygen atoms in total. The van der Waals surface area contributed by atoms with Crippen molar-refractivity contribution in [2.24, 2.45) is 0 Å². The van der Waals surface area contributed by atoms with Gasteiger partial charge in [-0.3, -0.25) is 19.2 Å². The first-order chi connectivity index (χ1) is 15.0. The molecule has 5 atom stereocenters. The minimum absolute atomic E-state index is 0.287. The molecule has 1 N–H and O–H groups in total. The number of ether oxygens (including phenoxy) is 5. The van der Waals surface area contributed by atoms with Gasteiger partial charge in [-0.1, -0.05) is 17.7 Å². The maximum atomic E-state index is 11.9. The van der Waals surface area contributed by atoms with Crippen molar-refractivity contribution in [2.75, 3.05) is 6.61 Å². The summed E-state index contributed by atoms with van der Waals surface area (Å²) < 4.78 is 27.9. The zero-order chi connectivity index (χ0) is 24.0. The highest BCUT2D eigenvalue weighted by Gasteiger charge is 2.52. The monoisotopic (exact) mass is 451 g/mol. The van der Waals surface area contributed by atoms with Gasteiger partial charge in [0.25, 0.3) is 0 Å². The first-order valence-corrected chi connectivity index (χ1v) is 10.1. The predicted molar refractivity (Wildman–Crippen MR) is 111 cm³/mol. The van der Waals surface area contributed by atoms with Crippen LogP contribution in [0.1, 0.15) is 38.8 Å². The lowest BCUT2D eigenvalue weighted by Crippen LogP contribution is -2.67. The lowest BCUT2D eigenvalue weighted by atomic mass is 9.96. The van der Waals surface area contributed by atoms with E-state index in [0.717, 1.165) is 11.1 Å². The molecule has 1 aliphatic heterocycles. The molecule has 1 aliphatic rings. The fourth-order valence-electron chi connectivity index (χ4n) is 3.45. The number of carbonyl (C=O) groups excluding carboxylic acids is 4. The molecule has 1 fully saturated rings. The van der Waals surface area contributed by atoms with Crippen molar-refractivity contribution in [1.82, 2.24) is 5.32 Å². The van der Waals surface area contributed by atoms with E-state index in [-0.39, 0.29) is 6.61 Å². The summed E-state index contributed by atoms with van der Waals surface area (Å²) in [5.41, 5.74) is 1.84. The van der Waals surface area contributed by atoms with E-state index < -0.39 is 54.5 Å². The largest absolute Gasteiger partial charge is 0.463 e. The van der Waals surface area contributed by atoms with Crippen molar-refractivity contribution in [2.45, 2.75) is 72.2 Å². The van der Waals surface area contributed by atoms with Crippen LogP contribution >= 0.6 is 0 Å². The Labute approximate surface area is 186 Å². The molecule has 2 rings (SSSR count). The first-order valence-electron chi connectivity index (χ1n) is 10.1. The number of rotatable bonds is 7. The number of hydrogen-bond acceptors (Lipinski definition) is 9. The zero-order valence-corrected chi connectivity index (χ0v) is 19.0. The third kappa shape index (κ3) is 6.94. The molecular weight excluding hydrogens is 422 g/mol. The summed E-state index contributed by atoms with van der Waals surface area (Å²) in [6.45, 7) is 8.36. The lowest BCUT2D eigenvalue weighted by molar-refractivity contribution is -0.257. The summed E-state index contributed by atoms with van der Waals surface area (Å²) in [5, 5.41) is 2.66. The van der Waals surface area contributed by atoms with Crippen molar-refractivity contribution >= 4 is 23.8 Å². The molecular formula is C22H29NO9. The highest BCUT2D eigenvalue weighted by atomic mass is 16.7. The normalized spacial score (nSPS) is 24.8. The van der Waals surface area contributed by atoms with E-state index >= 15 is 0 Å². The maximum Gasteiger partial charge on any atom is 0.303 e. The van der Waals surface area contributed by atoms with Gasteiger partial charge in [0.15, 0.2) is 12.2 Å². The summed E-state index contributed by atoms with van der Waals surface area (Å²) in [5.74, 6) is -1.87. The van der Waals surface area contributed by atoms with Gasteiger partial charge in [0.2, 0.25) is 12.2 Å². The quantitative estimate of drug-likeness (QED) is 0.483. The molecule has 1 aromatic carbocycles. The smallest absolute Gasteiger partial charge is 0.303 e. The molecule has 1 heterocycles.